The zero-order valence-electron chi connectivity index (χ0n) is 18.3. The van der Waals surface area contributed by atoms with Crippen molar-refractivity contribution in [2.75, 3.05) is 6.61 Å². The van der Waals surface area contributed by atoms with Crippen LogP contribution in [-0.2, 0) is 17.8 Å². The lowest BCUT2D eigenvalue weighted by Gasteiger charge is -2.19. The lowest BCUT2D eigenvalue weighted by Crippen LogP contribution is -2.32. The van der Waals surface area contributed by atoms with Gasteiger partial charge in [0.15, 0.2) is 0 Å². The summed E-state index contributed by atoms with van der Waals surface area (Å²) in [6, 6.07) is 10.3. The standard InChI is InChI=1S/C23H30N4O3/c1-15(2)16-6-8-17(9-7-16)20-18-10-11-24-19(21(18)27(26-20)12-13-28)14-25-22(29)30-23(3,4)5/h6-11,15,28H,12-14H2,1-5H3,(H,25,29). The van der Waals surface area contributed by atoms with Crippen LogP contribution in [0, 0.1) is 0 Å². The third kappa shape index (κ3) is 4.97. The van der Waals surface area contributed by atoms with Gasteiger partial charge >= 0.3 is 6.09 Å². The van der Waals surface area contributed by atoms with Crippen LogP contribution in [0.4, 0.5) is 4.79 Å². The molecule has 1 aromatic carbocycles. The topological polar surface area (TPSA) is 89.3 Å². The Labute approximate surface area is 177 Å². The summed E-state index contributed by atoms with van der Waals surface area (Å²) in [5.74, 6) is 0.456. The minimum atomic E-state index is -0.572. The van der Waals surface area contributed by atoms with Crippen molar-refractivity contribution in [3.8, 4) is 11.3 Å². The summed E-state index contributed by atoms with van der Waals surface area (Å²) >= 11 is 0. The van der Waals surface area contributed by atoms with Gasteiger partial charge in [-0.1, -0.05) is 38.1 Å². The molecule has 0 fully saturated rings. The van der Waals surface area contributed by atoms with Gasteiger partial charge in [0, 0.05) is 17.1 Å². The number of carbonyl (C=O) groups is 1. The average molecular weight is 411 g/mol. The molecule has 0 atom stereocenters. The van der Waals surface area contributed by atoms with Crippen LogP contribution in [0.15, 0.2) is 36.5 Å². The summed E-state index contributed by atoms with van der Waals surface area (Å²) in [7, 11) is 0. The summed E-state index contributed by atoms with van der Waals surface area (Å²) in [5, 5.41) is 18.0. The molecule has 3 aromatic rings. The van der Waals surface area contributed by atoms with Crippen molar-refractivity contribution in [3.63, 3.8) is 0 Å². The van der Waals surface area contributed by atoms with Crippen molar-refractivity contribution < 1.29 is 14.6 Å². The number of ether oxygens (including phenoxy) is 1. The highest BCUT2D eigenvalue weighted by atomic mass is 16.6. The maximum atomic E-state index is 12.1. The minimum Gasteiger partial charge on any atom is -0.444 e. The van der Waals surface area contributed by atoms with Crippen molar-refractivity contribution in [2.24, 2.45) is 0 Å². The summed E-state index contributed by atoms with van der Waals surface area (Å²) in [5.41, 5.74) is 3.99. The smallest absolute Gasteiger partial charge is 0.407 e. The monoisotopic (exact) mass is 410 g/mol. The summed E-state index contributed by atoms with van der Waals surface area (Å²) in [4.78, 5) is 16.5. The van der Waals surface area contributed by atoms with Gasteiger partial charge in [0.1, 0.15) is 11.3 Å². The molecular weight excluding hydrogens is 380 g/mol. The molecule has 2 N–H and O–H groups in total. The average Bonchev–Trinajstić information content (AvgIpc) is 3.05. The van der Waals surface area contributed by atoms with Gasteiger partial charge in [-0.25, -0.2) is 4.79 Å². The van der Waals surface area contributed by atoms with Crippen LogP contribution in [0.1, 0.15) is 51.8 Å². The van der Waals surface area contributed by atoms with E-state index in [2.05, 4.69) is 48.4 Å². The Morgan fingerprint density at radius 1 is 1.20 bits per heavy atom. The number of carbonyl (C=O) groups excluding carboxylic acids is 1. The molecule has 0 radical (unpaired) electrons. The molecule has 0 spiro atoms. The highest BCUT2D eigenvalue weighted by molar-refractivity contribution is 5.94. The van der Waals surface area contributed by atoms with Gasteiger partial charge in [-0.15, -0.1) is 0 Å². The molecule has 0 bridgehead atoms. The van der Waals surface area contributed by atoms with Gasteiger partial charge in [0.25, 0.3) is 0 Å². The normalized spacial score (nSPS) is 11.8. The number of aromatic nitrogens is 3. The molecule has 0 unspecified atom stereocenters. The Kier molecular flexibility index (Phi) is 6.41. The van der Waals surface area contributed by atoms with Crippen molar-refractivity contribution in [2.45, 2.75) is 59.2 Å². The molecule has 0 aliphatic rings. The lowest BCUT2D eigenvalue weighted by molar-refractivity contribution is 0.0523. The van der Waals surface area contributed by atoms with E-state index < -0.39 is 11.7 Å². The number of alkyl carbamates (subject to hydrolysis) is 1. The minimum absolute atomic E-state index is 0.0453. The van der Waals surface area contributed by atoms with Crippen LogP contribution in [-0.4, -0.2) is 38.2 Å². The zero-order valence-corrected chi connectivity index (χ0v) is 18.3. The first-order chi connectivity index (χ1) is 14.2. The predicted molar refractivity (Wildman–Crippen MR) is 117 cm³/mol. The summed E-state index contributed by atoms with van der Waals surface area (Å²) < 4.78 is 7.06. The van der Waals surface area contributed by atoms with Crippen LogP contribution in [0.2, 0.25) is 0 Å². The maximum Gasteiger partial charge on any atom is 0.407 e. The lowest BCUT2D eigenvalue weighted by atomic mass is 10.00. The van der Waals surface area contributed by atoms with Crippen molar-refractivity contribution in [1.29, 1.82) is 0 Å². The number of benzene rings is 1. The summed E-state index contributed by atoms with van der Waals surface area (Å²) in [6.07, 6.45) is 1.21. The molecule has 0 aliphatic carbocycles. The molecule has 30 heavy (non-hydrogen) atoms. The van der Waals surface area contributed by atoms with Crippen LogP contribution in [0.5, 0.6) is 0 Å². The number of nitrogens with one attached hydrogen (secondary N) is 1. The quantitative estimate of drug-likeness (QED) is 0.634. The first-order valence-electron chi connectivity index (χ1n) is 10.2. The second-order valence-corrected chi connectivity index (χ2v) is 8.58. The molecule has 0 saturated carbocycles. The third-order valence-electron chi connectivity index (χ3n) is 4.70. The van der Waals surface area contributed by atoms with E-state index in [4.69, 9.17) is 9.84 Å². The van der Waals surface area contributed by atoms with Crippen LogP contribution in [0.25, 0.3) is 22.2 Å². The fraction of sp³-hybridized carbons (Fsp3) is 0.435. The molecule has 1 amide bonds. The second-order valence-electron chi connectivity index (χ2n) is 8.58. The Morgan fingerprint density at radius 3 is 2.50 bits per heavy atom. The van der Waals surface area contributed by atoms with E-state index in [9.17, 15) is 9.90 Å². The Morgan fingerprint density at radius 2 is 1.90 bits per heavy atom. The molecule has 7 heteroatoms. The van der Waals surface area contributed by atoms with Gasteiger partial charge < -0.3 is 15.2 Å². The molecule has 7 nitrogen and oxygen atoms in total. The molecule has 160 valence electrons. The molecule has 3 rings (SSSR count). The number of nitrogens with zero attached hydrogens (tertiary/aromatic N) is 3. The Hall–Kier alpha value is -2.93. The van der Waals surface area contributed by atoms with E-state index in [0.29, 0.717) is 18.2 Å². The Bertz CT molecular complexity index is 1020. The van der Waals surface area contributed by atoms with E-state index in [1.54, 1.807) is 10.9 Å². The van der Waals surface area contributed by atoms with Crippen LogP contribution >= 0.6 is 0 Å². The zero-order chi connectivity index (χ0) is 21.9. The Balaban J connectivity index is 1.97. The fourth-order valence-corrected chi connectivity index (χ4v) is 3.30. The maximum absolute atomic E-state index is 12.1. The molecule has 0 saturated heterocycles. The van der Waals surface area contributed by atoms with Crippen molar-refractivity contribution >= 4 is 17.0 Å². The van der Waals surface area contributed by atoms with Gasteiger partial charge in [0.2, 0.25) is 0 Å². The fourth-order valence-electron chi connectivity index (χ4n) is 3.30. The third-order valence-corrected chi connectivity index (χ3v) is 4.70. The second kappa shape index (κ2) is 8.83. The first-order valence-corrected chi connectivity index (χ1v) is 10.2. The molecule has 0 aliphatic heterocycles. The van der Waals surface area contributed by atoms with Crippen LogP contribution < -0.4 is 5.32 Å². The van der Waals surface area contributed by atoms with E-state index in [0.717, 1.165) is 22.2 Å². The number of hydrogen-bond donors (Lipinski definition) is 2. The number of aliphatic hydroxyl groups excluding tert-OH is 1. The number of pyridine rings is 1. The molecular formula is C23H30N4O3. The predicted octanol–water partition coefficient (Wildman–Crippen LogP) is 4.24. The van der Waals surface area contributed by atoms with Crippen molar-refractivity contribution in [1.82, 2.24) is 20.1 Å². The van der Waals surface area contributed by atoms with E-state index >= 15 is 0 Å². The number of rotatable bonds is 6. The number of amides is 1. The molecule has 2 aromatic heterocycles. The number of hydrogen-bond acceptors (Lipinski definition) is 5. The first kappa shape index (κ1) is 21.8. The highest BCUT2D eigenvalue weighted by Crippen LogP contribution is 2.30. The number of fused-ring (bicyclic) bond motifs is 1. The van der Waals surface area contributed by atoms with Crippen LogP contribution in [0.3, 0.4) is 0 Å². The van der Waals surface area contributed by atoms with E-state index in [1.807, 2.05) is 26.8 Å². The molecule has 2 heterocycles. The van der Waals surface area contributed by atoms with Crippen molar-refractivity contribution in [3.05, 3.63) is 47.8 Å². The van der Waals surface area contributed by atoms with E-state index in [-0.39, 0.29) is 13.2 Å². The van der Waals surface area contributed by atoms with E-state index in [1.165, 1.54) is 5.56 Å². The number of aliphatic hydroxyl groups is 1. The van der Waals surface area contributed by atoms with Gasteiger partial charge in [-0.3, -0.25) is 9.67 Å². The highest BCUT2D eigenvalue weighted by Gasteiger charge is 2.19. The van der Waals surface area contributed by atoms with Gasteiger partial charge in [-0.2, -0.15) is 5.10 Å². The SMILES string of the molecule is CC(C)c1ccc(-c2nn(CCO)c3c(CNC(=O)OC(C)(C)C)nccc23)cc1. The van der Waals surface area contributed by atoms with Gasteiger partial charge in [0.05, 0.1) is 30.9 Å². The van der Waals surface area contributed by atoms with Gasteiger partial charge in [-0.05, 0) is 38.3 Å². The largest absolute Gasteiger partial charge is 0.444 e. The summed E-state index contributed by atoms with van der Waals surface area (Å²) in [6.45, 7) is 10.3.